The van der Waals surface area contributed by atoms with Crippen LogP contribution in [0, 0.1) is 0 Å². The Hall–Kier alpha value is -1.80. The zero-order valence-electron chi connectivity index (χ0n) is 16.8. The summed E-state index contributed by atoms with van der Waals surface area (Å²) in [5, 5.41) is 2.96. The maximum absolute atomic E-state index is 12.8. The molecule has 8 heteroatoms. The highest BCUT2D eigenvalue weighted by Crippen LogP contribution is 2.29. The van der Waals surface area contributed by atoms with E-state index >= 15 is 0 Å². The standard InChI is InChI=1S/C19H31N3O4S/c1-6-22(14(2)13-27(5,24)25)19(23)20-17-9-7-8-10-18(17)21-11-15(3)26-16(4)12-21/h7-10,14-16H,6,11-13H2,1-5H3,(H,20,23)/t14-,15+,16+/m1/s1. The third-order valence-corrected chi connectivity index (χ3v) is 5.67. The van der Waals surface area contributed by atoms with Gasteiger partial charge in [0.15, 0.2) is 0 Å². The Bertz CT molecular complexity index is 743. The molecule has 3 atom stereocenters. The van der Waals surface area contributed by atoms with Gasteiger partial charge in [-0.1, -0.05) is 12.1 Å². The number of nitrogens with zero attached hydrogens (tertiary/aromatic N) is 2. The number of rotatable bonds is 6. The molecule has 1 fully saturated rings. The van der Waals surface area contributed by atoms with Crippen molar-refractivity contribution in [2.45, 2.75) is 45.9 Å². The van der Waals surface area contributed by atoms with E-state index in [1.54, 1.807) is 11.8 Å². The minimum Gasteiger partial charge on any atom is -0.372 e. The van der Waals surface area contributed by atoms with E-state index in [-0.39, 0.29) is 24.0 Å². The van der Waals surface area contributed by atoms with E-state index in [9.17, 15) is 13.2 Å². The lowest BCUT2D eigenvalue weighted by atomic mass is 10.1. The van der Waals surface area contributed by atoms with Crippen LogP contribution in [-0.4, -0.2) is 69.2 Å². The number of nitrogens with one attached hydrogen (secondary N) is 1. The Morgan fingerprint density at radius 1 is 1.30 bits per heavy atom. The Balaban J connectivity index is 2.18. The smallest absolute Gasteiger partial charge is 0.322 e. The number of anilines is 2. The number of hydrogen-bond donors (Lipinski definition) is 1. The normalized spacial score (nSPS) is 21.6. The van der Waals surface area contributed by atoms with Crippen LogP contribution in [0.15, 0.2) is 24.3 Å². The van der Waals surface area contributed by atoms with Crippen LogP contribution in [0.2, 0.25) is 0 Å². The minimum atomic E-state index is -3.17. The van der Waals surface area contributed by atoms with Crippen molar-refractivity contribution in [1.29, 1.82) is 0 Å². The summed E-state index contributed by atoms with van der Waals surface area (Å²) < 4.78 is 29.0. The number of carbonyl (C=O) groups excluding carboxylic acids is 1. The van der Waals surface area contributed by atoms with Gasteiger partial charge in [0.05, 0.1) is 29.3 Å². The average molecular weight is 398 g/mol. The summed E-state index contributed by atoms with van der Waals surface area (Å²) in [6, 6.07) is 6.97. The molecule has 1 aliphatic heterocycles. The predicted octanol–water partition coefficient (Wildman–Crippen LogP) is 2.59. The van der Waals surface area contributed by atoms with Gasteiger partial charge >= 0.3 is 6.03 Å². The Morgan fingerprint density at radius 3 is 2.44 bits per heavy atom. The van der Waals surface area contributed by atoms with E-state index in [0.717, 1.165) is 18.8 Å². The van der Waals surface area contributed by atoms with Crippen LogP contribution in [0.25, 0.3) is 0 Å². The summed E-state index contributed by atoms with van der Waals surface area (Å²) in [7, 11) is -3.17. The van der Waals surface area contributed by atoms with Crippen LogP contribution in [-0.2, 0) is 14.6 Å². The molecule has 152 valence electrons. The van der Waals surface area contributed by atoms with Gasteiger partial charge < -0.3 is 19.9 Å². The number of ether oxygens (including phenoxy) is 1. The first-order chi connectivity index (χ1) is 12.6. The molecule has 0 aliphatic carbocycles. The third-order valence-electron chi connectivity index (χ3n) is 4.58. The van der Waals surface area contributed by atoms with Gasteiger partial charge in [-0.3, -0.25) is 0 Å². The van der Waals surface area contributed by atoms with Crippen molar-refractivity contribution in [1.82, 2.24) is 4.90 Å². The Morgan fingerprint density at radius 2 is 1.89 bits per heavy atom. The molecule has 2 amide bonds. The molecule has 0 spiro atoms. The second-order valence-electron chi connectivity index (χ2n) is 7.34. The highest BCUT2D eigenvalue weighted by molar-refractivity contribution is 7.90. The van der Waals surface area contributed by atoms with Crippen LogP contribution >= 0.6 is 0 Å². The zero-order valence-corrected chi connectivity index (χ0v) is 17.6. The first-order valence-corrected chi connectivity index (χ1v) is 11.4. The Labute approximate surface area is 162 Å². The number of amides is 2. The molecule has 1 aromatic carbocycles. The number of carbonyl (C=O) groups is 1. The van der Waals surface area contributed by atoms with E-state index < -0.39 is 15.9 Å². The molecule has 0 radical (unpaired) electrons. The average Bonchev–Trinajstić information content (AvgIpc) is 2.53. The summed E-state index contributed by atoms with van der Waals surface area (Å²) in [6.45, 7) is 9.59. The maximum Gasteiger partial charge on any atom is 0.322 e. The summed E-state index contributed by atoms with van der Waals surface area (Å²) in [6.07, 6.45) is 1.41. The van der Waals surface area contributed by atoms with E-state index in [1.165, 1.54) is 6.26 Å². The predicted molar refractivity (Wildman–Crippen MR) is 109 cm³/mol. The fraction of sp³-hybridized carbons (Fsp3) is 0.632. The van der Waals surface area contributed by atoms with Gasteiger partial charge in [-0.2, -0.15) is 0 Å². The van der Waals surface area contributed by atoms with Crippen molar-refractivity contribution in [3.63, 3.8) is 0 Å². The molecule has 1 heterocycles. The SMILES string of the molecule is CCN(C(=O)Nc1ccccc1N1C[C@H](C)O[C@@H](C)C1)[C@H](C)CS(C)(=O)=O. The number of urea groups is 1. The highest BCUT2D eigenvalue weighted by Gasteiger charge is 2.26. The van der Waals surface area contributed by atoms with E-state index in [0.29, 0.717) is 12.2 Å². The monoisotopic (exact) mass is 397 g/mol. The van der Waals surface area contributed by atoms with Crippen LogP contribution in [0.5, 0.6) is 0 Å². The van der Waals surface area contributed by atoms with E-state index in [4.69, 9.17) is 4.74 Å². The van der Waals surface area contributed by atoms with Crippen LogP contribution in [0.1, 0.15) is 27.7 Å². The van der Waals surface area contributed by atoms with Crippen molar-refractivity contribution in [2.75, 3.05) is 41.9 Å². The molecule has 1 aromatic rings. The number of para-hydroxylation sites is 2. The molecule has 27 heavy (non-hydrogen) atoms. The lowest BCUT2D eigenvalue weighted by molar-refractivity contribution is -0.00517. The number of hydrogen-bond acceptors (Lipinski definition) is 5. The van der Waals surface area contributed by atoms with Gasteiger partial charge in [0.25, 0.3) is 0 Å². The zero-order chi connectivity index (χ0) is 20.2. The molecule has 0 saturated carbocycles. The fourth-order valence-corrected chi connectivity index (χ4v) is 4.66. The molecular weight excluding hydrogens is 366 g/mol. The second kappa shape index (κ2) is 8.93. The third kappa shape index (κ3) is 6.10. The van der Waals surface area contributed by atoms with Crippen molar-refractivity contribution in [2.24, 2.45) is 0 Å². The maximum atomic E-state index is 12.8. The number of morpholine rings is 1. The van der Waals surface area contributed by atoms with Gasteiger partial charge in [0.2, 0.25) is 0 Å². The molecule has 1 aliphatic rings. The first-order valence-electron chi connectivity index (χ1n) is 9.35. The van der Waals surface area contributed by atoms with Crippen molar-refractivity contribution < 1.29 is 17.9 Å². The van der Waals surface area contributed by atoms with Gasteiger partial charge in [-0.15, -0.1) is 0 Å². The molecule has 7 nitrogen and oxygen atoms in total. The molecule has 1 saturated heterocycles. The van der Waals surface area contributed by atoms with Gasteiger partial charge in [0, 0.05) is 31.9 Å². The van der Waals surface area contributed by atoms with Crippen molar-refractivity contribution >= 4 is 27.2 Å². The highest BCUT2D eigenvalue weighted by atomic mass is 32.2. The van der Waals surface area contributed by atoms with Crippen LogP contribution in [0.4, 0.5) is 16.2 Å². The Kier molecular flexibility index (Phi) is 7.11. The number of benzene rings is 1. The van der Waals surface area contributed by atoms with Crippen LogP contribution < -0.4 is 10.2 Å². The summed E-state index contributed by atoms with van der Waals surface area (Å²) in [4.78, 5) is 16.6. The quantitative estimate of drug-likeness (QED) is 0.798. The largest absolute Gasteiger partial charge is 0.372 e. The van der Waals surface area contributed by atoms with Crippen molar-refractivity contribution in [3.05, 3.63) is 24.3 Å². The molecule has 0 bridgehead atoms. The summed E-state index contributed by atoms with van der Waals surface area (Å²) in [5.41, 5.74) is 1.66. The fourth-order valence-electron chi connectivity index (χ4n) is 3.60. The molecule has 0 unspecified atom stereocenters. The number of sulfone groups is 1. The lowest BCUT2D eigenvalue weighted by Crippen LogP contribution is -2.46. The molecule has 0 aromatic heterocycles. The van der Waals surface area contributed by atoms with E-state index in [2.05, 4.69) is 10.2 Å². The molecule has 1 N–H and O–H groups in total. The second-order valence-corrected chi connectivity index (χ2v) is 9.52. The minimum absolute atomic E-state index is 0.0611. The van der Waals surface area contributed by atoms with Gasteiger partial charge in [-0.05, 0) is 39.8 Å². The first kappa shape index (κ1) is 21.5. The lowest BCUT2D eigenvalue weighted by Gasteiger charge is -2.38. The summed E-state index contributed by atoms with van der Waals surface area (Å²) in [5.74, 6) is -0.0611. The van der Waals surface area contributed by atoms with Gasteiger partial charge in [-0.25, -0.2) is 13.2 Å². The summed E-state index contributed by atoms with van der Waals surface area (Å²) >= 11 is 0. The molecule has 2 rings (SSSR count). The topological polar surface area (TPSA) is 79.0 Å². The van der Waals surface area contributed by atoms with Crippen molar-refractivity contribution in [3.8, 4) is 0 Å². The molecular formula is C19H31N3O4S. The van der Waals surface area contributed by atoms with Crippen LogP contribution in [0.3, 0.4) is 0 Å². The van der Waals surface area contributed by atoms with Gasteiger partial charge in [0.1, 0.15) is 9.84 Å². The van der Waals surface area contributed by atoms with E-state index in [1.807, 2.05) is 45.0 Å².